The monoisotopic (exact) mass is 254 g/mol. The van der Waals surface area contributed by atoms with Crippen LogP contribution < -0.4 is 5.73 Å². The molecule has 1 unspecified atom stereocenters. The van der Waals surface area contributed by atoms with Gasteiger partial charge in [-0.15, -0.1) is 5.10 Å². The molecule has 102 valence electrons. The van der Waals surface area contributed by atoms with Crippen molar-refractivity contribution in [3.63, 3.8) is 0 Å². The minimum absolute atomic E-state index is 0.136. The van der Waals surface area contributed by atoms with E-state index in [-0.39, 0.29) is 24.3 Å². The van der Waals surface area contributed by atoms with Gasteiger partial charge in [0.25, 0.3) is 0 Å². The number of amides is 1. The Morgan fingerprint density at radius 2 is 2.17 bits per heavy atom. The topological polar surface area (TPSA) is 83.0 Å². The Bertz CT molecular complexity index is 401. The molecule has 1 heterocycles. The smallest absolute Gasteiger partial charge is 0.223 e. The van der Waals surface area contributed by atoms with Gasteiger partial charge in [-0.3, -0.25) is 4.79 Å². The molecule has 18 heavy (non-hydrogen) atoms. The molecular formula is C12H22N4O2. The lowest BCUT2D eigenvalue weighted by atomic mass is 10.1. The van der Waals surface area contributed by atoms with Gasteiger partial charge in [-0.05, 0) is 12.3 Å². The van der Waals surface area contributed by atoms with Gasteiger partial charge in [-0.25, -0.2) is 4.68 Å². The van der Waals surface area contributed by atoms with Crippen LogP contribution in [0.25, 0.3) is 0 Å². The maximum atomic E-state index is 11.0. The van der Waals surface area contributed by atoms with E-state index in [1.54, 1.807) is 7.11 Å². The molecule has 1 amide bonds. The first kappa shape index (κ1) is 14.6. The third-order valence-corrected chi connectivity index (χ3v) is 2.87. The van der Waals surface area contributed by atoms with Crippen LogP contribution in [0.4, 0.5) is 0 Å². The quantitative estimate of drug-likeness (QED) is 0.787. The van der Waals surface area contributed by atoms with E-state index in [4.69, 9.17) is 10.5 Å². The molecule has 1 atom stereocenters. The van der Waals surface area contributed by atoms with E-state index >= 15 is 0 Å². The van der Waals surface area contributed by atoms with Crippen LogP contribution in [0.15, 0.2) is 0 Å². The highest BCUT2D eigenvalue weighted by Crippen LogP contribution is 2.23. The Morgan fingerprint density at radius 1 is 1.50 bits per heavy atom. The molecule has 1 rings (SSSR count). The van der Waals surface area contributed by atoms with Crippen molar-refractivity contribution in [2.75, 3.05) is 13.7 Å². The summed E-state index contributed by atoms with van der Waals surface area (Å²) < 4.78 is 7.06. The van der Waals surface area contributed by atoms with Gasteiger partial charge in [0.1, 0.15) is 0 Å². The molecule has 2 N–H and O–H groups in total. The molecule has 0 saturated carbocycles. The van der Waals surface area contributed by atoms with E-state index in [0.29, 0.717) is 12.3 Å². The first-order valence-corrected chi connectivity index (χ1v) is 6.22. The maximum Gasteiger partial charge on any atom is 0.223 e. The van der Waals surface area contributed by atoms with Crippen LogP contribution in [-0.4, -0.2) is 34.6 Å². The standard InChI is InChI=1S/C12H22N4O2/c1-5-9(7-18-4)16-12(8(2)3)10(14-15-16)6-11(13)17/h8-9H,5-7H2,1-4H3,(H2,13,17). The number of hydrogen-bond acceptors (Lipinski definition) is 4. The zero-order chi connectivity index (χ0) is 13.7. The molecule has 0 aliphatic carbocycles. The predicted molar refractivity (Wildman–Crippen MR) is 68.2 cm³/mol. The summed E-state index contributed by atoms with van der Waals surface area (Å²) in [7, 11) is 1.67. The summed E-state index contributed by atoms with van der Waals surface area (Å²) in [6.45, 7) is 6.76. The van der Waals surface area contributed by atoms with Crippen molar-refractivity contribution in [1.82, 2.24) is 15.0 Å². The summed E-state index contributed by atoms with van der Waals surface area (Å²) in [6.07, 6.45) is 1.03. The molecular weight excluding hydrogens is 232 g/mol. The molecule has 0 aromatic carbocycles. The largest absolute Gasteiger partial charge is 0.382 e. The number of ether oxygens (including phenoxy) is 1. The van der Waals surface area contributed by atoms with Gasteiger partial charge >= 0.3 is 0 Å². The number of nitrogens with zero attached hydrogens (tertiary/aromatic N) is 3. The van der Waals surface area contributed by atoms with Crippen molar-refractivity contribution in [3.8, 4) is 0 Å². The zero-order valence-electron chi connectivity index (χ0n) is 11.5. The minimum Gasteiger partial charge on any atom is -0.382 e. The van der Waals surface area contributed by atoms with Gasteiger partial charge in [0.05, 0.1) is 30.5 Å². The SMILES string of the molecule is CCC(COC)n1nnc(CC(N)=O)c1C(C)C. The third kappa shape index (κ3) is 3.29. The number of nitrogens with two attached hydrogens (primary N) is 1. The van der Waals surface area contributed by atoms with E-state index in [9.17, 15) is 4.79 Å². The van der Waals surface area contributed by atoms with Crippen molar-refractivity contribution in [3.05, 3.63) is 11.4 Å². The highest BCUT2D eigenvalue weighted by Gasteiger charge is 2.22. The van der Waals surface area contributed by atoms with Crippen molar-refractivity contribution in [2.45, 2.75) is 45.6 Å². The fourth-order valence-corrected chi connectivity index (χ4v) is 2.05. The predicted octanol–water partition coefficient (Wildman–Crippen LogP) is 1.03. The minimum atomic E-state index is -0.385. The number of rotatable bonds is 7. The fourth-order valence-electron chi connectivity index (χ4n) is 2.05. The van der Waals surface area contributed by atoms with Gasteiger partial charge in [0.2, 0.25) is 5.91 Å². The summed E-state index contributed by atoms with van der Waals surface area (Å²) in [6, 6.07) is 0.140. The second-order valence-electron chi connectivity index (χ2n) is 4.68. The number of primary amides is 1. The molecule has 6 heteroatoms. The highest BCUT2D eigenvalue weighted by molar-refractivity contribution is 5.76. The van der Waals surface area contributed by atoms with Crippen LogP contribution in [0.3, 0.4) is 0 Å². The molecule has 1 aromatic heterocycles. The van der Waals surface area contributed by atoms with Crippen LogP contribution in [0, 0.1) is 0 Å². The molecule has 0 fully saturated rings. The van der Waals surface area contributed by atoms with E-state index in [0.717, 1.165) is 12.1 Å². The average molecular weight is 254 g/mol. The van der Waals surface area contributed by atoms with E-state index in [1.807, 2.05) is 4.68 Å². The Labute approximate surface area is 107 Å². The lowest BCUT2D eigenvalue weighted by Crippen LogP contribution is -2.20. The Kier molecular flexibility index (Phi) is 5.27. The summed E-state index contributed by atoms with van der Waals surface area (Å²) in [4.78, 5) is 11.0. The van der Waals surface area contributed by atoms with Crippen LogP contribution >= 0.6 is 0 Å². The van der Waals surface area contributed by atoms with Gasteiger partial charge < -0.3 is 10.5 Å². The third-order valence-electron chi connectivity index (χ3n) is 2.87. The van der Waals surface area contributed by atoms with E-state index < -0.39 is 0 Å². The Hall–Kier alpha value is -1.43. The van der Waals surface area contributed by atoms with Crippen LogP contribution in [0.5, 0.6) is 0 Å². The molecule has 0 bridgehead atoms. The van der Waals surface area contributed by atoms with Crippen molar-refractivity contribution < 1.29 is 9.53 Å². The molecule has 1 aromatic rings. The Morgan fingerprint density at radius 3 is 2.61 bits per heavy atom. The second kappa shape index (κ2) is 6.49. The molecule has 0 spiro atoms. The molecule has 0 aliphatic rings. The van der Waals surface area contributed by atoms with Crippen molar-refractivity contribution >= 4 is 5.91 Å². The summed E-state index contributed by atoms with van der Waals surface area (Å²) in [5.41, 5.74) is 6.87. The normalized spacial score (nSPS) is 12.9. The lowest BCUT2D eigenvalue weighted by Gasteiger charge is -2.18. The van der Waals surface area contributed by atoms with Crippen LogP contribution in [-0.2, 0) is 16.0 Å². The van der Waals surface area contributed by atoms with Crippen molar-refractivity contribution in [2.24, 2.45) is 5.73 Å². The number of aromatic nitrogens is 3. The van der Waals surface area contributed by atoms with Crippen LogP contribution in [0.2, 0.25) is 0 Å². The fraction of sp³-hybridized carbons (Fsp3) is 0.750. The number of methoxy groups -OCH3 is 1. The summed E-state index contributed by atoms with van der Waals surface area (Å²) in [5.74, 6) is -0.149. The van der Waals surface area contributed by atoms with Crippen molar-refractivity contribution in [1.29, 1.82) is 0 Å². The number of carbonyl (C=O) groups excluding carboxylic acids is 1. The first-order chi connectivity index (χ1) is 8.51. The summed E-state index contributed by atoms with van der Waals surface area (Å²) >= 11 is 0. The Balaban J connectivity index is 3.11. The van der Waals surface area contributed by atoms with Gasteiger partial charge in [0.15, 0.2) is 0 Å². The lowest BCUT2D eigenvalue weighted by molar-refractivity contribution is -0.117. The zero-order valence-corrected chi connectivity index (χ0v) is 11.5. The van der Waals surface area contributed by atoms with Gasteiger partial charge in [-0.2, -0.15) is 0 Å². The molecule has 0 radical (unpaired) electrons. The maximum absolute atomic E-state index is 11.0. The number of hydrogen-bond donors (Lipinski definition) is 1. The highest BCUT2D eigenvalue weighted by atomic mass is 16.5. The summed E-state index contributed by atoms with van der Waals surface area (Å²) in [5, 5.41) is 8.24. The molecule has 0 saturated heterocycles. The first-order valence-electron chi connectivity index (χ1n) is 6.22. The van der Waals surface area contributed by atoms with Gasteiger partial charge in [-0.1, -0.05) is 26.0 Å². The van der Waals surface area contributed by atoms with Gasteiger partial charge in [0, 0.05) is 7.11 Å². The number of carbonyl (C=O) groups is 1. The molecule has 0 aliphatic heterocycles. The molecule has 6 nitrogen and oxygen atoms in total. The van der Waals surface area contributed by atoms with E-state index in [2.05, 4.69) is 31.1 Å². The van der Waals surface area contributed by atoms with E-state index in [1.165, 1.54) is 0 Å². The second-order valence-corrected chi connectivity index (χ2v) is 4.68. The average Bonchev–Trinajstić information content (AvgIpc) is 2.68. The van der Waals surface area contributed by atoms with Crippen LogP contribution in [0.1, 0.15) is 50.5 Å².